The number of hydrogen-bond acceptors (Lipinski definition) is 6. The number of anilines is 1. The SMILES string of the molecule is CN(C)Cc1nnc(N2CCC(C(O)Cc3ccccc3)CC2)o1. The Balaban J connectivity index is 1.51. The number of aliphatic hydroxyl groups is 1. The summed E-state index contributed by atoms with van der Waals surface area (Å²) in [7, 11) is 3.95. The van der Waals surface area contributed by atoms with Crippen LogP contribution in [0, 0.1) is 5.92 Å². The van der Waals surface area contributed by atoms with Crippen LogP contribution in [-0.4, -0.2) is 53.5 Å². The average Bonchev–Trinajstić information content (AvgIpc) is 3.03. The highest BCUT2D eigenvalue weighted by Gasteiger charge is 2.27. The minimum Gasteiger partial charge on any atom is -0.407 e. The molecule has 6 nitrogen and oxygen atoms in total. The Labute approximate surface area is 143 Å². The van der Waals surface area contributed by atoms with E-state index in [0.717, 1.165) is 32.4 Å². The molecular weight excluding hydrogens is 304 g/mol. The lowest BCUT2D eigenvalue weighted by atomic mass is 9.88. The Morgan fingerprint density at radius 3 is 2.58 bits per heavy atom. The van der Waals surface area contributed by atoms with Crippen LogP contribution in [0.1, 0.15) is 24.3 Å². The lowest BCUT2D eigenvalue weighted by Gasteiger charge is -2.33. The first kappa shape index (κ1) is 16.9. The van der Waals surface area contributed by atoms with Crippen molar-refractivity contribution in [2.24, 2.45) is 5.92 Å². The second-order valence-corrected chi connectivity index (χ2v) is 6.80. The van der Waals surface area contributed by atoms with Gasteiger partial charge in [0, 0.05) is 13.1 Å². The molecule has 1 aromatic heterocycles. The zero-order valence-corrected chi connectivity index (χ0v) is 14.4. The molecule has 0 radical (unpaired) electrons. The molecule has 2 aromatic rings. The van der Waals surface area contributed by atoms with Gasteiger partial charge in [-0.15, -0.1) is 5.10 Å². The van der Waals surface area contributed by atoms with Gasteiger partial charge in [0.05, 0.1) is 12.6 Å². The van der Waals surface area contributed by atoms with Crippen molar-refractivity contribution in [3.63, 3.8) is 0 Å². The van der Waals surface area contributed by atoms with Crippen LogP contribution in [0.15, 0.2) is 34.7 Å². The quantitative estimate of drug-likeness (QED) is 0.873. The molecule has 0 aliphatic carbocycles. The van der Waals surface area contributed by atoms with Gasteiger partial charge in [-0.3, -0.25) is 0 Å². The topological polar surface area (TPSA) is 65.6 Å². The normalized spacial score (nSPS) is 17.4. The van der Waals surface area contributed by atoms with Gasteiger partial charge in [0.25, 0.3) is 0 Å². The highest BCUT2D eigenvalue weighted by atomic mass is 16.4. The summed E-state index contributed by atoms with van der Waals surface area (Å²) in [6.45, 7) is 2.35. The molecule has 2 heterocycles. The number of aliphatic hydroxyl groups excluding tert-OH is 1. The van der Waals surface area contributed by atoms with Crippen molar-refractivity contribution in [3.8, 4) is 0 Å². The summed E-state index contributed by atoms with van der Waals surface area (Å²) < 4.78 is 5.72. The molecule has 0 bridgehead atoms. The van der Waals surface area contributed by atoms with Crippen molar-refractivity contribution < 1.29 is 9.52 Å². The lowest BCUT2D eigenvalue weighted by Crippen LogP contribution is -2.38. The first-order valence-corrected chi connectivity index (χ1v) is 8.56. The molecule has 1 unspecified atom stereocenters. The first-order valence-electron chi connectivity index (χ1n) is 8.56. The largest absolute Gasteiger partial charge is 0.407 e. The Morgan fingerprint density at radius 1 is 1.21 bits per heavy atom. The van der Waals surface area contributed by atoms with Crippen LogP contribution in [0.3, 0.4) is 0 Å². The number of hydrogen-bond donors (Lipinski definition) is 1. The Bertz CT molecular complexity index is 621. The van der Waals surface area contributed by atoms with E-state index in [2.05, 4.69) is 27.2 Å². The summed E-state index contributed by atoms with van der Waals surface area (Å²) in [6, 6.07) is 10.8. The molecule has 0 spiro atoms. The zero-order chi connectivity index (χ0) is 16.9. The molecule has 0 amide bonds. The van der Waals surface area contributed by atoms with Gasteiger partial charge in [0.1, 0.15) is 0 Å². The van der Waals surface area contributed by atoms with Gasteiger partial charge in [-0.05, 0) is 44.8 Å². The van der Waals surface area contributed by atoms with Gasteiger partial charge in [0.2, 0.25) is 5.89 Å². The summed E-state index contributed by atoms with van der Waals surface area (Å²) in [5.41, 5.74) is 1.19. The smallest absolute Gasteiger partial charge is 0.318 e. The molecular formula is C18H26N4O2. The van der Waals surface area contributed by atoms with Crippen LogP contribution in [0.2, 0.25) is 0 Å². The highest BCUT2D eigenvalue weighted by molar-refractivity contribution is 5.25. The number of piperidine rings is 1. The van der Waals surface area contributed by atoms with Crippen LogP contribution in [-0.2, 0) is 13.0 Å². The molecule has 1 aliphatic rings. The number of benzene rings is 1. The van der Waals surface area contributed by atoms with E-state index in [1.807, 2.05) is 37.2 Å². The van der Waals surface area contributed by atoms with Gasteiger partial charge in [-0.1, -0.05) is 35.4 Å². The summed E-state index contributed by atoms with van der Waals surface area (Å²) in [4.78, 5) is 4.13. The van der Waals surface area contributed by atoms with Gasteiger partial charge in [-0.25, -0.2) is 0 Å². The Hall–Kier alpha value is -1.92. The second kappa shape index (κ2) is 7.77. The fourth-order valence-electron chi connectivity index (χ4n) is 3.20. The van der Waals surface area contributed by atoms with Crippen LogP contribution >= 0.6 is 0 Å². The molecule has 6 heteroatoms. The van der Waals surface area contributed by atoms with E-state index in [9.17, 15) is 5.11 Å². The molecule has 0 saturated carbocycles. The van der Waals surface area contributed by atoms with E-state index < -0.39 is 0 Å². The third kappa shape index (κ3) is 4.33. The summed E-state index contributed by atoms with van der Waals surface area (Å²) in [5, 5.41) is 18.8. The summed E-state index contributed by atoms with van der Waals surface area (Å²) in [6.07, 6.45) is 2.32. The third-order valence-corrected chi connectivity index (χ3v) is 4.55. The van der Waals surface area contributed by atoms with E-state index in [1.54, 1.807) is 0 Å². The van der Waals surface area contributed by atoms with Crippen molar-refractivity contribution in [3.05, 3.63) is 41.8 Å². The van der Waals surface area contributed by atoms with E-state index in [-0.39, 0.29) is 6.10 Å². The maximum Gasteiger partial charge on any atom is 0.318 e. The van der Waals surface area contributed by atoms with E-state index in [1.165, 1.54) is 5.56 Å². The molecule has 130 valence electrons. The van der Waals surface area contributed by atoms with E-state index in [4.69, 9.17) is 4.42 Å². The van der Waals surface area contributed by atoms with Crippen molar-refractivity contribution in [1.29, 1.82) is 0 Å². The summed E-state index contributed by atoms with van der Waals surface area (Å²) in [5.74, 6) is 0.965. The number of nitrogens with zero attached hydrogens (tertiary/aromatic N) is 4. The van der Waals surface area contributed by atoms with Crippen LogP contribution in [0.25, 0.3) is 0 Å². The van der Waals surface area contributed by atoms with Crippen LogP contribution < -0.4 is 4.90 Å². The molecule has 1 atom stereocenters. The standard InChI is InChI=1S/C18H26N4O2/c1-21(2)13-17-19-20-18(24-17)22-10-8-15(9-11-22)16(23)12-14-6-4-3-5-7-14/h3-7,15-16,23H,8-13H2,1-2H3. The van der Waals surface area contributed by atoms with Gasteiger partial charge < -0.3 is 19.3 Å². The van der Waals surface area contributed by atoms with E-state index in [0.29, 0.717) is 24.4 Å². The van der Waals surface area contributed by atoms with Crippen molar-refractivity contribution >= 4 is 6.01 Å². The van der Waals surface area contributed by atoms with E-state index >= 15 is 0 Å². The van der Waals surface area contributed by atoms with Gasteiger partial charge in [-0.2, -0.15) is 0 Å². The molecule has 3 rings (SSSR count). The maximum absolute atomic E-state index is 10.5. The van der Waals surface area contributed by atoms with Crippen molar-refractivity contribution in [2.75, 3.05) is 32.1 Å². The van der Waals surface area contributed by atoms with Gasteiger partial charge >= 0.3 is 6.01 Å². The first-order chi connectivity index (χ1) is 11.6. The molecule has 1 aliphatic heterocycles. The minimum atomic E-state index is -0.290. The Morgan fingerprint density at radius 2 is 1.92 bits per heavy atom. The zero-order valence-electron chi connectivity index (χ0n) is 14.4. The number of rotatable bonds is 6. The highest BCUT2D eigenvalue weighted by Crippen LogP contribution is 2.26. The Kier molecular flexibility index (Phi) is 5.48. The predicted octanol–water partition coefficient (Wildman–Crippen LogP) is 1.95. The monoisotopic (exact) mass is 330 g/mol. The molecule has 1 fully saturated rings. The van der Waals surface area contributed by atoms with Crippen LogP contribution in [0.4, 0.5) is 6.01 Å². The minimum absolute atomic E-state index is 0.290. The molecule has 1 N–H and O–H groups in total. The van der Waals surface area contributed by atoms with Gasteiger partial charge in [0.15, 0.2) is 0 Å². The van der Waals surface area contributed by atoms with Crippen molar-refractivity contribution in [2.45, 2.75) is 31.9 Å². The fraction of sp³-hybridized carbons (Fsp3) is 0.556. The third-order valence-electron chi connectivity index (χ3n) is 4.55. The second-order valence-electron chi connectivity index (χ2n) is 6.80. The predicted molar refractivity (Wildman–Crippen MR) is 92.8 cm³/mol. The molecule has 24 heavy (non-hydrogen) atoms. The summed E-state index contributed by atoms with van der Waals surface area (Å²) >= 11 is 0. The maximum atomic E-state index is 10.5. The molecule has 1 aromatic carbocycles. The lowest BCUT2D eigenvalue weighted by molar-refractivity contribution is 0.0923. The fourth-order valence-corrected chi connectivity index (χ4v) is 3.20. The van der Waals surface area contributed by atoms with Crippen LogP contribution in [0.5, 0.6) is 0 Å². The van der Waals surface area contributed by atoms with Crippen molar-refractivity contribution in [1.82, 2.24) is 15.1 Å². The number of aromatic nitrogens is 2. The average molecular weight is 330 g/mol. The molecule has 1 saturated heterocycles.